The van der Waals surface area contributed by atoms with Crippen LogP contribution in [0.5, 0.6) is 0 Å². The molecule has 1 aliphatic heterocycles. The first kappa shape index (κ1) is 17.3. The molecule has 1 saturated heterocycles. The molecule has 2 aromatic rings. The van der Waals surface area contributed by atoms with E-state index in [-0.39, 0.29) is 37.0 Å². The molecule has 1 aromatic heterocycles. The van der Waals surface area contributed by atoms with Crippen LogP contribution in [-0.2, 0) is 10.0 Å². The molecule has 3 rings (SSSR count). The third-order valence-electron chi connectivity index (χ3n) is 4.04. The topological polar surface area (TPSA) is 166 Å². The van der Waals surface area contributed by atoms with Gasteiger partial charge < -0.3 is 15.1 Å². The van der Waals surface area contributed by atoms with Crippen LogP contribution in [0.25, 0.3) is 11.0 Å². The quantitative estimate of drug-likeness (QED) is 0.364. The zero-order chi connectivity index (χ0) is 18.4. The fourth-order valence-corrected chi connectivity index (χ4v) is 4.34. The summed E-state index contributed by atoms with van der Waals surface area (Å²) in [6.45, 7) is 0.0572. The number of aromatic nitrogens is 2. The normalized spacial score (nSPS) is 17.0. The number of rotatable bonds is 3. The Bertz CT molecular complexity index is 1060. The van der Waals surface area contributed by atoms with Crippen LogP contribution in [0.1, 0.15) is 12.8 Å². The Kier molecular flexibility index (Phi) is 4.18. The van der Waals surface area contributed by atoms with Gasteiger partial charge in [-0.3, -0.25) is 19.7 Å². The molecule has 0 bridgehead atoms. The number of aliphatic hydroxyl groups excluding tert-OH is 1. The van der Waals surface area contributed by atoms with Crippen molar-refractivity contribution in [2.75, 3.05) is 13.1 Å². The molecular weight excluding hydrogens is 356 g/mol. The summed E-state index contributed by atoms with van der Waals surface area (Å²) in [6, 6.07) is 1.86. The predicted octanol–water partition coefficient (Wildman–Crippen LogP) is -0.730. The molecular formula is C13H14N4O7S. The van der Waals surface area contributed by atoms with E-state index in [9.17, 15) is 33.2 Å². The number of fused-ring (bicyclic) bond motifs is 1. The van der Waals surface area contributed by atoms with Crippen molar-refractivity contribution < 1.29 is 18.4 Å². The van der Waals surface area contributed by atoms with Gasteiger partial charge in [0.15, 0.2) is 4.90 Å². The Morgan fingerprint density at radius 2 is 1.64 bits per heavy atom. The van der Waals surface area contributed by atoms with Crippen LogP contribution < -0.4 is 11.1 Å². The maximum atomic E-state index is 12.8. The average Bonchev–Trinajstić information content (AvgIpc) is 2.55. The highest BCUT2D eigenvalue weighted by Gasteiger charge is 2.34. The number of nitrogens with zero attached hydrogens (tertiary/aromatic N) is 2. The van der Waals surface area contributed by atoms with Gasteiger partial charge in [-0.2, -0.15) is 4.31 Å². The summed E-state index contributed by atoms with van der Waals surface area (Å²) in [4.78, 5) is 37.0. The molecule has 1 aliphatic rings. The Morgan fingerprint density at radius 1 is 1.12 bits per heavy atom. The molecule has 2 heterocycles. The first-order chi connectivity index (χ1) is 11.7. The molecule has 3 N–H and O–H groups in total. The number of piperidine rings is 1. The molecule has 12 heteroatoms. The van der Waals surface area contributed by atoms with Crippen molar-refractivity contribution in [3.05, 3.63) is 43.0 Å². The maximum absolute atomic E-state index is 12.8. The summed E-state index contributed by atoms with van der Waals surface area (Å²) in [5.41, 5.74) is -2.79. The van der Waals surface area contributed by atoms with E-state index >= 15 is 0 Å². The molecule has 0 atom stereocenters. The van der Waals surface area contributed by atoms with Gasteiger partial charge in [-0.05, 0) is 18.9 Å². The summed E-state index contributed by atoms with van der Waals surface area (Å²) >= 11 is 0. The number of sulfonamides is 1. The van der Waals surface area contributed by atoms with Gasteiger partial charge in [0.2, 0.25) is 10.0 Å². The van der Waals surface area contributed by atoms with E-state index in [1.165, 1.54) is 0 Å². The van der Waals surface area contributed by atoms with Gasteiger partial charge in [0.05, 0.1) is 22.1 Å². The highest BCUT2D eigenvalue weighted by atomic mass is 32.2. The molecule has 0 radical (unpaired) electrons. The lowest BCUT2D eigenvalue weighted by Crippen LogP contribution is -2.40. The van der Waals surface area contributed by atoms with Crippen molar-refractivity contribution in [2.24, 2.45) is 0 Å². The Morgan fingerprint density at radius 3 is 2.16 bits per heavy atom. The number of nitro groups is 1. The molecule has 11 nitrogen and oxygen atoms in total. The molecule has 25 heavy (non-hydrogen) atoms. The van der Waals surface area contributed by atoms with Crippen LogP contribution in [0, 0.1) is 10.1 Å². The summed E-state index contributed by atoms with van der Waals surface area (Å²) in [6.07, 6.45) is -0.158. The zero-order valence-electron chi connectivity index (χ0n) is 12.8. The van der Waals surface area contributed by atoms with Crippen LogP contribution in [-0.4, -0.2) is 51.9 Å². The van der Waals surface area contributed by atoms with Gasteiger partial charge >= 0.3 is 11.1 Å². The van der Waals surface area contributed by atoms with E-state index in [1.807, 2.05) is 0 Å². The SMILES string of the molecule is O=c1[nH]c2cc([N+](=O)[O-])c(S(=O)(=O)N3CCC(O)CC3)cc2[nH]c1=O. The second-order valence-electron chi connectivity index (χ2n) is 5.67. The van der Waals surface area contributed by atoms with Gasteiger partial charge in [-0.15, -0.1) is 0 Å². The molecule has 0 aliphatic carbocycles. The van der Waals surface area contributed by atoms with Crippen LogP contribution in [0.4, 0.5) is 5.69 Å². The van der Waals surface area contributed by atoms with Crippen molar-refractivity contribution in [1.82, 2.24) is 14.3 Å². The lowest BCUT2D eigenvalue weighted by molar-refractivity contribution is -0.387. The van der Waals surface area contributed by atoms with Crippen molar-refractivity contribution in [2.45, 2.75) is 23.8 Å². The summed E-state index contributed by atoms with van der Waals surface area (Å²) < 4.78 is 26.6. The zero-order valence-corrected chi connectivity index (χ0v) is 13.6. The summed E-state index contributed by atoms with van der Waals surface area (Å²) in [7, 11) is -4.21. The molecule has 1 aromatic carbocycles. The lowest BCUT2D eigenvalue weighted by Gasteiger charge is -2.28. The Hall–Kier alpha value is -2.57. The van der Waals surface area contributed by atoms with Gasteiger partial charge in [-0.25, -0.2) is 8.42 Å². The number of benzene rings is 1. The van der Waals surface area contributed by atoms with Crippen LogP contribution >= 0.6 is 0 Å². The third kappa shape index (κ3) is 3.06. The van der Waals surface area contributed by atoms with E-state index in [1.54, 1.807) is 0 Å². The molecule has 0 spiro atoms. The largest absolute Gasteiger partial charge is 0.393 e. The van der Waals surface area contributed by atoms with Gasteiger partial charge in [0, 0.05) is 19.2 Å². The molecule has 0 amide bonds. The molecule has 0 saturated carbocycles. The van der Waals surface area contributed by atoms with E-state index < -0.39 is 42.8 Å². The van der Waals surface area contributed by atoms with E-state index in [0.717, 1.165) is 16.4 Å². The van der Waals surface area contributed by atoms with Crippen molar-refractivity contribution in [3.63, 3.8) is 0 Å². The minimum atomic E-state index is -4.21. The minimum absolute atomic E-state index is 0.0286. The van der Waals surface area contributed by atoms with E-state index in [0.29, 0.717) is 0 Å². The number of nitro benzene ring substituents is 1. The maximum Gasteiger partial charge on any atom is 0.314 e. The van der Waals surface area contributed by atoms with Gasteiger partial charge in [-0.1, -0.05) is 0 Å². The Labute approximate surface area is 140 Å². The lowest BCUT2D eigenvalue weighted by atomic mass is 10.1. The standard InChI is InChI=1S/C13H14N4O7S/c18-7-1-3-16(4-2-7)25(23,24)11-6-9-8(5-10(11)17(21)22)14-12(19)13(20)15-9/h5-7,18H,1-4H2,(H,14,19)(H,15,20). The fraction of sp³-hybridized carbons (Fsp3) is 0.385. The van der Waals surface area contributed by atoms with E-state index in [2.05, 4.69) is 9.97 Å². The number of hydrogen-bond acceptors (Lipinski definition) is 7. The predicted molar refractivity (Wildman–Crippen MR) is 85.8 cm³/mol. The monoisotopic (exact) mass is 370 g/mol. The van der Waals surface area contributed by atoms with Crippen molar-refractivity contribution in [3.8, 4) is 0 Å². The fourth-order valence-electron chi connectivity index (χ4n) is 2.70. The number of aliphatic hydroxyl groups is 1. The van der Waals surface area contributed by atoms with E-state index in [4.69, 9.17) is 0 Å². The second-order valence-corrected chi connectivity index (χ2v) is 7.57. The first-order valence-electron chi connectivity index (χ1n) is 7.33. The smallest absolute Gasteiger partial charge is 0.314 e. The van der Waals surface area contributed by atoms with Crippen molar-refractivity contribution in [1.29, 1.82) is 0 Å². The third-order valence-corrected chi connectivity index (χ3v) is 5.97. The highest BCUT2D eigenvalue weighted by Crippen LogP contribution is 2.31. The highest BCUT2D eigenvalue weighted by molar-refractivity contribution is 7.89. The number of H-pyrrole nitrogens is 2. The first-order valence-corrected chi connectivity index (χ1v) is 8.77. The number of nitrogens with one attached hydrogen (secondary N) is 2. The van der Waals surface area contributed by atoms with Gasteiger partial charge in [0.1, 0.15) is 0 Å². The Balaban J connectivity index is 2.21. The van der Waals surface area contributed by atoms with Crippen LogP contribution in [0.2, 0.25) is 0 Å². The van der Waals surface area contributed by atoms with Gasteiger partial charge in [0.25, 0.3) is 5.69 Å². The minimum Gasteiger partial charge on any atom is -0.393 e. The van der Waals surface area contributed by atoms with Crippen LogP contribution in [0.15, 0.2) is 26.6 Å². The average molecular weight is 370 g/mol. The summed E-state index contributed by atoms with van der Waals surface area (Å²) in [5, 5.41) is 20.8. The molecule has 1 fully saturated rings. The van der Waals surface area contributed by atoms with Crippen LogP contribution in [0.3, 0.4) is 0 Å². The number of hydrogen-bond donors (Lipinski definition) is 3. The second kappa shape index (κ2) is 6.06. The van der Waals surface area contributed by atoms with Crippen molar-refractivity contribution >= 4 is 26.7 Å². The summed E-state index contributed by atoms with van der Waals surface area (Å²) in [5.74, 6) is 0. The molecule has 0 unspecified atom stereocenters. The molecule has 134 valence electrons. The number of aromatic amines is 2.